The van der Waals surface area contributed by atoms with Crippen molar-refractivity contribution >= 4 is 31.2 Å². The van der Waals surface area contributed by atoms with E-state index in [1.54, 1.807) is 6.92 Å². The number of carbonyl (C=O) groups is 1. The zero-order valence-corrected chi connectivity index (χ0v) is 10.5. The van der Waals surface area contributed by atoms with Crippen molar-refractivity contribution in [3.63, 3.8) is 0 Å². The molecule has 0 saturated carbocycles. The molecule has 0 saturated heterocycles. The van der Waals surface area contributed by atoms with Gasteiger partial charge in [-0.2, -0.15) is 25.3 Å². The van der Waals surface area contributed by atoms with Crippen molar-refractivity contribution in [3.05, 3.63) is 12.2 Å². The van der Waals surface area contributed by atoms with Crippen molar-refractivity contribution in [3.8, 4) is 0 Å². The summed E-state index contributed by atoms with van der Waals surface area (Å²) in [6.45, 7) is 7.50. The Balaban J connectivity index is 3.78. The van der Waals surface area contributed by atoms with Crippen molar-refractivity contribution in [2.45, 2.75) is 37.2 Å². The highest BCUT2D eigenvalue weighted by molar-refractivity contribution is 7.85. The summed E-state index contributed by atoms with van der Waals surface area (Å²) < 4.78 is 4.97. The molecule has 0 aromatic carbocycles. The second-order valence-corrected chi connectivity index (χ2v) is 4.63. The van der Waals surface area contributed by atoms with Crippen molar-refractivity contribution in [1.29, 1.82) is 0 Å². The highest BCUT2D eigenvalue weighted by Crippen LogP contribution is 2.15. The fourth-order valence-electron chi connectivity index (χ4n) is 0.883. The SMILES string of the molecule is C=C(C)C(=O)OCC(S)C(S)CCC. The number of hydrogen-bond donors (Lipinski definition) is 2. The van der Waals surface area contributed by atoms with Crippen LogP contribution in [0.1, 0.15) is 26.7 Å². The number of carbonyl (C=O) groups excluding carboxylic acids is 1. The van der Waals surface area contributed by atoms with Crippen molar-refractivity contribution in [2.24, 2.45) is 0 Å². The Morgan fingerprint density at radius 3 is 2.43 bits per heavy atom. The predicted octanol–water partition coefficient (Wildman–Crippen LogP) is 2.50. The topological polar surface area (TPSA) is 26.3 Å². The summed E-state index contributed by atoms with van der Waals surface area (Å²) in [5, 5.41) is 0.155. The zero-order valence-electron chi connectivity index (χ0n) is 8.69. The molecule has 0 bridgehead atoms. The standard InChI is InChI=1S/C10H18O2S2/c1-4-5-8(13)9(14)6-12-10(11)7(2)3/h8-9,13-14H,2,4-6H2,1,3H3. The predicted molar refractivity (Wildman–Crippen MR) is 66.2 cm³/mol. The van der Waals surface area contributed by atoms with Gasteiger partial charge in [0.2, 0.25) is 0 Å². The molecule has 14 heavy (non-hydrogen) atoms. The van der Waals surface area contributed by atoms with Crippen LogP contribution < -0.4 is 0 Å². The molecule has 0 radical (unpaired) electrons. The quantitative estimate of drug-likeness (QED) is 0.419. The van der Waals surface area contributed by atoms with Gasteiger partial charge in [0.25, 0.3) is 0 Å². The Labute approximate surface area is 96.9 Å². The van der Waals surface area contributed by atoms with Crippen molar-refractivity contribution in [2.75, 3.05) is 6.61 Å². The first kappa shape index (κ1) is 13.9. The van der Waals surface area contributed by atoms with Gasteiger partial charge in [-0.25, -0.2) is 4.79 Å². The van der Waals surface area contributed by atoms with Crippen LogP contribution in [0.2, 0.25) is 0 Å². The van der Waals surface area contributed by atoms with Crippen LogP contribution in [0.4, 0.5) is 0 Å². The maximum Gasteiger partial charge on any atom is 0.333 e. The van der Waals surface area contributed by atoms with Gasteiger partial charge < -0.3 is 4.74 Å². The first-order chi connectivity index (χ1) is 6.49. The van der Waals surface area contributed by atoms with Gasteiger partial charge in [-0.15, -0.1) is 0 Å². The summed E-state index contributed by atoms with van der Waals surface area (Å²) in [4.78, 5) is 11.0. The molecule has 2 atom stereocenters. The van der Waals surface area contributed by atoms with Crippen molar-refractivity contribution < 1.29 is 9.53 Å². The molecule has 4 heteroatoms. The van der Waals surface area contributed by atoms with Crippen molar-refractivity contribution in [1.82, 2.24) is 0 Å². The molecule has 0 heterocycles. The molecular weight excluding hydrogens is 216 g/mol. The number of esters is 1. The lowest BCUT2D eigenvalue weighted by atomic mass is 10.2. The lowest BCUT2D eigenvalue weighted by Gasteiger charge is -2.17. The molecule has 0 N–H and O–H groups in total. The van der Waals surface area contributed by atoms with Gasteiger partial charge in [0.1, 0.15) is 6.61 Å². The molecule has 0 aliphatic carbocycles. The first-order valence-corrected chi connectivity index (χ1v) is 5.71. The molecule has 0 rings (SSSR count). The van der Waals surface area contributed by atoms with Crippen LogP contribution in [0, 0.1) is 0 Å². The fraction of sp³-hybridized carbons (Fsp3) is 0.700. The van der Waals surface area contributed by atoms with E-state index in [4.69, 9.17) is 4.74 Å². The van der Waals surface area contributed by atoms with E-state index in [1.807, 2.05) is 0 Å². The number of thiol groups is 2. The lowest BCUT2D eigenvalue weighted by Crippen LogP contribution is -2.23. The largest absolute Gasteiger partial charge is 0.461 e. The molecule has 0 aromatic rings. The van der Waals surface area contributed by atoms with Crippen LogP contribution in [-0.2, 0) is 9.53 Å². The van der Waals surface area contributed by atoms with E-state index in [2.05, 4.69) is 38.8 Å². The Morgan fingerprint density at radius 1 is 1.43 bits per heavy atom. The van der Waals surface area contributed by atoms with E-state index >= 15 is 0 Å². The molecule has 0 amide bonds. The van der Waals surface area contributed by atoms with Gasteiger partial charge in [0, 0.05) is 16.1 Å². The molecular formula is C10H18O2S2. The van der Waals surface area contributed by atoms with Crippen LogP contribution in [0.15, 0.2) is 12.2 Å². The molecule has 0 fully saturated rings. The van der Waals surface area contributed by atoms with Crippen LogP contribution in [0.5, 0.6) is 0 Å². The highest BCUT2D eigenvalue weighted by atomic mass is 32.1. The molecule has 0 aliphatic rings. The molecule has 2 unspecified atom stereocenters. The summed E-state index contributed by atoms with van der Waals surface area (Å²) in [7, 11) is 0. The Hall–Kier alpha value is -0.0900. The summed E-state index contributed by atoms with van der Waals surface area (Å²) in [5.41, 5.74) is 0.414. The maximum atomic E-state index is 11.0. The van der Waals surface area contributed by atoms with Crippen LogP contribution >= 0.6 is 25.3 Å². The Morgan fingerprint density at radius 2 is 2.00 bits per heavy atom. The third-order valence-electron chi connectivity index (χ3n) is 1.76. The highest BCUT2D eigenvalue weighted by Gasteiger charge is 2.15. The Bertz CT molecular complexity index is 204. The monoisotopic (exact) mass is 234 g/mol. The number of rotatable bonds is 6. The maximum absolute atomic E-state index is 11.0. The normalized spacial score (nSPS) is 14.6. The van der Waals surface area contributed by atoms with Gasteiger partial charge in [0.05, 0.1) is 0 Å². The van der Waals surface area contributed by atoms with E-state index in [0.29, 0.717) is 12.2 Å². The van der Waals surface area contributed by atoms with E-state index in [1.165, 1.54) is 0 Å². The third-order valence-corrected chi connectivity index (χ3v) is 3.12. The average molecular weight is 234 g/mol. The van der Waals surface area contributed by atoms with Gasteiger partial charge in [-0.3, -0.25) is 0 Å². The van der Waals surface area contributed by atoms with E-state index in [9.17, 15) is 4.79 Å². The summed E-state index contributed by atoms with van der Waals surface area (Å²) in [6.07, 6.45) is 2.03. The summed E-state index contributed by atoms with van der Waals surface area (Å²) in [5.74, 6) is -0.360. The minimum Gasteiger partial charge on any atom is -0.461 e. The number of ether oxygens (including phenoxy) is 1. The zero-order chi connectivity index (χ0) is 11.1. The molecule has 82 valence electrons. The first-order valence-electron chi connectivity index (χ1n) is 4.67. The van der Waals surface area contributed by atoms with Gasteiger partial charge >= 0.3 is 5.97 Å². The molecule has 2 nitrogen and oxygen atoms in total. The fourth-order valence-corrected chi connectivity index (χ4v) is 1.45. The molecule has 0 aromatic heterocycles. The van der Waals surface area contributed by atoms with E-state index in [-0.39, 0.29) is 16.5 Å². The van der Waals surface area contributed by atoms with Gasteiger partial charge in [0.15, 0.2) is 0 Å². The van der Waals surface area contributed by atoms with Gasteiger partial charge in [-0.1, -0.05) is 19.9 Å². The minimum absolute atomic E-state index is 0.0124. The van der Waals surface area contributed by atoms with Gasteiger partial charge in [-0.05, 0) is 13.3 Å². The summed E-state index contributed by atoms with van der Waals surface area (Å²) >= 11 is 8.69. The lowest BCUT2D eigenvalue weighted by molar-refractivity contribution is -0.138. The van der Waals surface area contributed by atoms with Crippen LogP contribution in [-0.4, -0.2) is 23.1 Å². The second-order valence-electron chi connectivity index (χ2n) is 3.30. The van der Waals surface area contributed by atoms with E-state index < -0.39 is 0 Å². The minimum atomic E-state index is -0.360. The average Bonchev–Trinajstić information content (AvgIpc) is 2.13. The third kappa shape index (κ3) is 5.60. The number of hydrogen-bond acceptors (Lipinski definition) is 4. The van der Waals surface area contributed by atoms with E-state index in [0.717, 1.165) is 12.8 Å². The molecule has 0 spiro atoms. The second kappa shape index (κ2) is 7.23. The molecule has 0 aliphatic heterocycles. The van der Waals surface area contributed by atoms with Crippen LogP contribution in [0.3, 0.4) is 0 Å². The Kier molecular flexibility index (Phi) is 7.19. The summed E-state index contributed by atoms with van der Waals surface area (Å²) in [6, 6.07) is 0. The smallest absolute Gasteiger partial charge is 0.333 e. The van der Waals surface area contributed by atoms with Crippen LogP contribution in [0.25, 0.3) is 0 Å².